The highest BCUT2D eigenvalue weighted by atomic mass is 127. The Hall–Kier alpha value is -1.12. The van der Waals surface area contributed by atoms with Crippen LogP contribution in [0.15, 0.2) is 17.1 Å². The number of hydrogen-bond donors (Lipinski definition) is 2. The molecular formula is C21H33IN4O2. The van der Waals surface area contributed by atoms with Gasteiger partial charge in [-0.15, -0.1) is 24.0 Å². The molecule has 3 aliphatic carbocycles. The van der Waals surface area contributed by atoms with Gasteiger partial charge in [0.05, 0.1) is 11.8 Å². The highest BCUT2D eigenvalue weighted by Crippen LogP contribution is 2.52. The maximum atomic E-state index is 12.7. The molecule has 28 heavy (non-hydrogen) atoms. The second-order valence-electron chi connectivity index (χ2n) is 8.48. The molecule has 2 N–H and O–H groups in total. The van der Waals surface area contributed by atoms with Crippen LogP contribution in [-0.2, 0) is 9.59 Å². The van der Waals surface area contributed by atoms with Crippen LogP contribution >= 0.6 is 24.0 Å². The molecule has 6 unspecified atom stereocenters. The van der Waals surface area contributed by atoms with Gasteiger partial charge in [-0.05, 0) is 50.4 Å². The molecule has 6 atom stereocenters. The van der Waals surface area contributed by atoms with E-state index in [4.69, 9.17) is 0 Å². The zero-order chi connectivity index (χ0) is 19.0. The van der Waals surface area contributed by atoms with E-state index < -0.39 is 0 Å². The van der Waals surface area contributed by atoms with Gasteiger partial charge in [0.2, 0.25) is 11.8 Å². The third-order valence-electron chi connectivity index (χ3n) is 6.62. The molecule has 4 rings (SSSR count). The molecule has 2 bridgehead atoms. The largest absolute Gasteiger partial charge is 0.357 e. The average Bonchev–Trinajstić information content (AvgIpc) is 3.00. The van der Waals surface area contributed by atoms with E-state index in [-0.39, 0.29) is 47.6 Å². The standard InChI is InChI=1S/C21H32N4O2.HI/c1-3-6-13-12-16(13)24-21(22-4-2)23-9-5-10-25-19(26)17-14-7-8-15(11-14)18(17)20(25)27;/h7-8,13-18H,3-6,9-12H2,1-2H3,(H2,22,23,24);1H. The summed E-state index contributed by atoms with van der Waals surface area (Å²) in [6.45, 7) is 6.24. The van der Waals surface area contributed by atoms with E-state index in [0.717, 1.165) is 31.3 Å². The maximum absolute atomic E-state index is 12.7. The maximum Gasteiger partial charge on any atom is 0.233 e. The molecule has 0 radical (unpaired) electrons. The zero-order valence-electron chi connectivity index (χ0n) is 16.9. The predicted molar refractivity (Wildman–Crippen MR) is 120 cm³/mol. The summed E-state index contributed by atoms with van der Waals surface area (Å²) in [4.78, 5) is 31.5. The molecule has 0 aromatic carbocycles. The third kappa shape index (κ3) is 4.09. The van der Waals surface area contributed by atoms with Gasteiger partial charge in [0.25, 0.3) is 0 Å². The number of guanidine groups is 1. The van der Waals surface area contributed by atoms with Crippen LogP contribution in [0.4, 0.5) is 0 Å². The van der Waals surface area contributed by atoms with Gasteiger partial charge in [-0.1, -0.05) is 25.5 Å². The number of hydrogen-bond acceptors (Lipinski definition) is 3. The van der Waals surface area contributed by atoms with Gasteiger partial charge in [-0.25, -0.2) is 0 Å². The number of amides is 2. The molecule has 1 heterocycles. The van der Waals surface area contributed by atoms with Crippen molar-refractivity contribution in [1.29, 1.82) is 0 Å². The molecule has 2 saturated carbocycles. The summed E-state index contributed by atoms with van der Waals surface area (Å²) >= 11 is 0. The second-order valence-corrected chi connectivity index (χ2v) is 8.48. The second kappa shape index (κ2) is 9.13. The van der Waals surface area contributed by atoms with Crippen LogP contribution in [0.5, 0.6) is 0 Å². The van der Waals surface area contributed by atoms with Crippen molar-refractivity contribution in [1.82, 2.24) is 15.5 Å². The fourth-order valence-corrected chi connectivity index (χ4v) is 5.21. The minimum Gasteiger partial charge on any atom is -0.357 e. The van der Waals surface area contributed by atoms with E-state index in [1.807, 2.05) is 0 Å². The van der Waals surface area contributed by atoms with Gasteiger partial charge in [0.1, 0.15) is 0 Å². The summed E-state index contributed by atoms with van der Waals surface area (Å²) in [5.74, 6) is 2.16. The molecule has 3 fully saturated rings. The summed E-state index contributed by atoms with van der Waals surface area (Å²) < 4.78 is 0. The minimum absolute atomic E-state index is 0. The monoisotopic (exact) mass is 500 g/mol. The normalized spacial score (nSPS) is 35.2. The molecule has 1 aliphatic heterocycles. The molecular weight excluding hydrogens is 467 g/mol. The Bertz CT molecular complexity index is 635. The summed E-state index contributed by atoms with van der Waals surface area (Å²) in [6, 6.07) is 0.548. The van der Waals surface area contributed by atoms with Crippen LogP contribution in [-0.4, -0.2) is 48.3 Å². The van der Waals surface area contributed by atoms with E-state index in [1.54, 1.807) is 0 Å². The summed E-state index contributed by atoms with van der Waals surface area (Å²) in [6.07, 6.45) is 9.73. The van der Waals surface area contributed by atoms with E-state index in [1.165, 1.54) is 24.2 Å². The molecule has 0 aromatic heterocycles. The summed E-state index contributed by atoms with van der Waals surface area (Å²) in [7, 11) is 0. The van der Waals surface area contributed by atoms with Gasteiger partial charge >= 0.3 is 0 Å². The topological polar surface area (TPSA) is 73.8 Å². The smallest absolute Gasteiger partial charge is 0.233 e. The number of rotatable bonds is 8. The van der Waals surface area contributed by atoms with Crippen molar-refractivity contribution in [2.75, 3.05) is 19.6 Å². The lowest BCUT2D eigenvalue weighted by Crippen LogP contribution is -2.39. The van der Waals surface area contributed by atoms with Crippen LogP contribution in [0.2, 0.25) is 0 Å². The fourth-order valence-electron chi connectivity index (χ4n) is 5.21. The van der Waals surface area contributed by atoms with Crippen LogP contribution in [0.25, 0.3) is 0 Å². The van der Waals surface area contributed by atoms with Crippen molar-refractivity contribution in [3.8, 4) is 0 Å². The Morgan fingerprint density at radius 1 is 1.14 bits per heavy atom. The SMILES string of the molecule is CCCC1CC1NC(=NCCCN1C(=O)C2C3C=CC(C3)C2C1=O)NCC.I. The number of fused-ring (bicyclic) bond motifs is 5. The van der Waals surface area contributed by atoms with E-state index in [2.05, 4.69) is 41.6 Å². The quantitative estimate of drug-likeness (QED) is 0.134. The van der Waals surface area contributed by atoms with E-state index in [9.17, 15) is 9.59 Å². The molecule has 6 nitrogen and oxygen atoms in total. The van der Waals surface area contributed by atoms with Crippen molar-refractivity contribution in [3.63, 3.8) is 0 Å². The number of carbonyl (C=O) groups excluding carboxylic acids is 2. The van der Waals surface area contributed by atoms with Crippen molar-refractivity contribution in [2.24, 2.45) is 34.6 Å². The Labute approximate surface area is 185 Å². The molecule has 7 heteroatoms. The van der Waals surface area contributed by atoms with Crippen LogP contribution in [0.3, 0.4) is 0 Å². The Kier molecular flexibility index (Phi) is 7.04. The first kappa shape index (κ1) is 21.6. The first-order chi connectivity index (χ1) is 13.1. The highest BCUT2D eigenvalue weighted by Gasteiger charge is 2.58. The lowest BCUT2D eigenvalue weighted by Gasteiger charge is -2.17. The molecule has 4 aliphatic rings. The van der Waals surface area contributed by atoms with Crippen LogP contribution in [0, 0.1) is 29.6 Å². The van der Waals surface area contributed by atoms with Crippen molar-refractivity contribution in [3.05, 3.63) is 12.2 Å². The van der Waals surface area contributed by atoms with E-state index in [0.29, 0.717) is 31.0 Å². The Morgan fingerprint density at radius 3 is 2.43 bits per heavy atom. The van der Waals surface area contributed by atoms with Gasteiger partial charge in [-0.3, -0.25) is 19.5 Å². The first-order valence-electron chi connectivity index (χ1n) is 10.7. The van der Waals surface area contributed by atoms with Gasteiger partial charge in [0, 0.05) is 25.7 Å². The number of imide groups is 1. The number of nitrogens with one attached hydrogen (secondary N) is 2. The lowest BCUT2D eigenvalue weighted by atomic mass is 9.85. The number of aliphatic imine (C=N–C) groups is 1. The van der Waals surface area contributed by atoms with Crippen LogP contribution < -0.4 is 10.6 Å². The number of halogens is 1. The van der Waals surface area contributed by atoms with Crippen LogP contribution in [0.1, 0.15) is 46.0 Å². The van der Waals surface area contributed by atoms with Gasteiger partial charge in [0.15, 0.2) is 5.96 Å². The molecule has 1 saturated heterocycles. The van der Waals surface area contributed by atoms with Gasteiger partial charge < -0.3 is 10.6 Å². The first-order valence-corrected chi connectivity index (χ1v) is 10.7. The molecule has 156 valence electrons. The molecule has 0 aromatic rings. The Morgan fingerprint density at radius 2 is 1.82 bits per heavy atom. The van der Waals surface area contributed by atoms with Crippen molar-refractivity contribution < 1.29 is 9.59 Å². The van der Waals surface area contributed by atoms with Crippen molar-refractivity contribution in [2.45, 2.75) is 52.0 Å². The zero-order valence-corrected chi connectivity index (χ0v) is 19.2. The number of allylic oxidation sites excluding steroid dienone is 2. The predicted octanol–water partition coefficient (Wildman–Crippen LogP) is 2.55. The number of likely N-dealkylation sites (tertiary alicyclic amines) is 1. The Balaban J connectivity index is 0.00000225. The fraction of sp³-hybridized carbons (Fsp3) is 0.762. The molecule has 2 amide bonds. The summed E-state index contributed by atoms with van der Waals surface area (Å²) in [5, 5.41) is 6.81. The average molecular weight is 500 g/mol. The van der Waals surface area contributed by atoms with Gasteiger partial charge in [-0.2, -0.15) is 0 Å². The van der Waals surface area contributed by atoms with E-state index >= 15 is 0 Å². The third-order valence-corrected chi connectivity index (χ3v) is 6.62. The van der Waals surface area contributed by atoms with Crippen molar-refractivity contribution >= 4 is 41.8 Å². The highest BCUT2D eigenvalue weighted by molar-refractivity contribution is 14.0. The number of nitrogens with zero attached hydrogens (tertiary/aromatic N) is 2. The lowest BCUT2D eigenvalue weighted by molar-refractivity contribution is -0.140. The number of carbonyl (C=O) groups is 2. The molecule has 0 spiro atoms. The minimum atomic E-state index is -0.0830. The summed E-state index contributed by atoms with van der Waals surface area (Å²) in [5.41, 5.74) is 0.